The van der Waals surface area contributed by atoms with Gasteiger partial charge in [0.2, 0.25) is 0 Å². The number of carbonyl (C=O) groups excluding carboxylic acids is 1. The van der Waals surface area contributed by atoms with Gasteiger partial charge in [0.1, 0.15) is 17.2 Å². The van der Waals surface area contributed by atoms with E-state index in [1.54, 1.807) is 28.3 Å². The number of aliphatic hydroxyl groups is 1. The second kappa shape index (κ2) is 7.37. The molecule has 0 saturated carbocycles. The van der Waals surface area contributed by atoms with Crippen molar-refractivity contribution in [2.45, 2.75) is 19.9 Å². The van der Waals surface area contributed by atoms with Crippen molar-refractivity contribution in [3.05, 3.63) is 53.2 Å². The highest BCUT2D eigenvalue weighted by Gasteiger charge is 2.14. The number of anilines is 1. The number of amides is 1. The topological polar surface area (TPSA) is 80.0 Å². The van der Waals surface area contributed by atoms with Gasteiger partial charge in [-0.15, -0.1) is 11.3 Å². The van der Waals surface area contributed by atoms with Crippen molar-refractivity contribution < 1.29 is 9.90 Å². The first-order chi connectivity index (χ1) is 11.7. The SMILES string of the molecule is CCc1ccnc(C(=O)Nc2cc(-c3cccs3)nn2CCO)c1. The van der Waals surface area contributed by atoms with E-state index in [0.29, 0.717) is 18.1 Å². The number of rotatable bonds is 6. The second-order valence-electron chi connectivity index (χ2n) is 5.20. The molecule has 0 aliphatic heterocycles. The highest BCUT2D eigenvalue weighted by Crippen LogP contribution is 2.26. The van der Waals surface area contributed by atoms with E-state index >= 15 is 0 Å². The Morgan fingerprint density at radius 3 is 2.96 bits per heavy atom. The van der Waals surface area contributed by atoms with E-state index in [0.717, 1.165) is 22.6 Å². The van der Waals surface area contributed by atoms with Crippen molar-refractivity contribution in [1.82, 2.24) is 14.8 Å². The van der Waals surface area contributed by atoms with Gasteiger partial charge in [-0.2, -0.15) is 5.10 Å². The molecular weight excluding hydrogens is 324 g/mol. The van der Waals surface area contributed by atoms with Crippen LogP contribution in [0, 0.1) is 0 Å². The van der Waals surface area contributed by atoms with Crippen LogP contribution >= 0.6 is 11.3 Å². The smallest absolute Gasteiger partial charge is 0.275 e. The third kappa shape index (κ3) is 3.52. The number of pyridine rings is 1. The summed E-state index contributed by atoms with van der Waals surface area (Å²) in [6.45, 7) is 2.28. The number of hydrogen-bond donors (Lipinski definition) is 2. The molecule has 0 aromatic carbocycles. The molecule has 0 saturated heterocycles. The van der Waals surface area contributed by atoms with E-state index in [4.69, 9.17) is 0 Å². The Morgan fingerprint density at radius 1 is 1.38 bits per heavy atom. The van der Waals surface area contributed by atoms with E-state index in [9.17, 15) is 9.90 Å². The van der Waals surface area contributed by atoms with Crippen LogP contribution in [-0.2, 0) is 13.0 Å². The summed E-state index contributed by atoms with van der Waals surface area (Å²) in [7, 11) is 0. The van der Waals surface area contributed by atoms with Gasteiger partial charge in [-0.3, -0.25) is 9.78 Å². The highest BCUT2D eigenvalue weighted by molar-refractivity contribution is 7.13. The van der Waals surface area contributed by atoms with Gasteiger partial charge in [0.15, 0.2) is 0 Å². The summed E-state index contributed by atoms with van der Waals surface area (Å²) in [5.74, 6) is 0.253. The quantitative estimate of drug-likeness (QED) is 0.722. The number of hydrogen-bond acceptors (Lipinski definition) is 5. The summed E-state index contributed by atoms with van der Waals surface area (Å²) < 4.78 is 1.59. The number of aliphatic hydroxyl groups excluding tert-OH is 1. The molecule has 0 aliphatic carbocycles. The van der Waals surface area contributed by atoms with Crippen LogP contribution in [-0.4, -0.2) is 32.4 Å². The third-order valence-electron chi connectivity index (χ3n) is 3.57. The minimum Gasteiger partial charge on any atom is -0.394 e. The number of thiophene rings is 1. The standard InChI is InChI=1S/C17H18N4O2S/c1-2-12-5-6-18-14(10-12)17(23)19-16-11-13(15-4-3-9-24-15)20-21(16)7-8-22/h3-6,9-11,22H,2,7-8H2,1H3,(H,19,23). The molecule has 0 bridgehead atoms. The van der Waals surface area contributed by atoms with Crippen LogP contribution in [0.3, 0.4) is 0 Å². The summed E-state index contributed by atoms with van der Waals surface area (Å²) in [6.07, 6.45) is 2.48. The summed E-state index contributed by atoms with van der Waals surface area (Å²) >= 11 is 1.57. The average Bonchev–Trinajstić information content (AvgIpc) is 3.25. The first kappa shape index (κ1) is 16.4. The van der Waals surface area contributed by atoms with E-state index in [1.165, 1.54) is 0 Å². The van der Waals surface area contributed by atoms with Crippen molar-refractivity contribution in [2.24, 2.45) is 0 Å². The first-order valence-corrected chi connectivity index (χ1v) is 8.58. The number of aromatic nitrogens is 3. The van der Waals surface area contributed by atoms with Crippen molar-refractivity contribution >= 4 is 23.1 Å². The van der Waals surface area contributed by atoms with Crippen molar-refractivity contribution in [3.8, 4) is 10.6 Å². The van der Waals surface area contributed by atoms with Crippen LogP contribution in [0.4, 0.5) is 5.82 Å². The van der Waals surface area contributed by atoms with Gasteiger partial charge < -0.3 is 10.4 Å². The Balaban J connectivity index is 1.86. The molecule has 7 heteroatoms. The van der Waals surface area contributed by atoms with Crippen LogP contribution in [0.15, 0.2) is 41.9 Å². The fraction of sp³-hybridized carbons (Fsp3) is 0.235. The normalized spacial score (nSPS) is 10.8. The van der Waals surface area contributed by atoms with Gasteiger partial charge in [0.05, 0.1) is 18.0 Å². The van der Waals surface area contributed by atoms with Gasteiger partial charge in [-0.05, 0) is 35.6 Å². The van der Waals surface area contributed by atoms with Gasteiger partial charge in [0, 0.05) is 12.3 Å². The molecule has 3 heterocycles. The predicted octanol–water partition coefficient (Wildman–Crippen LogP) is 2.81. The molecule has 3 aromatic rings. The lowest BCUT2D eigenvalue weighted by molar-refractivity contribution is 0.102. The van der Waals surface area contributed by atoms with Crippen LogP contribution in [0.1, 0.15) is 23.0 Å². The molecule has 0 unspecified atom stereocenters. The molecule has 0 aliphatic rings. The van der Waals surface area contributed by atoms with Crippen molar-refractivity contribution in [2.75, 3.05) is 11.9 Å². The van der Waals surface area contributed by atoms with Crippen LogP contribution in [0.2, 0.25) is 0 Å². The predicted molar refractivity (Wildman–Crippen MR) is 94.2 cm³/mol. The van der Waals surface area contributed by atoms with E-state index < -0.39 is 0 Å². The number of nitrogens with one attached hydrogen (secondary N) is 1. The number of aryl methyl sites for hydroxylation is 1. The zero-order valence-corrected chi connectivity index (χ0v) is 14.1. The molecule has 6 nitrogen and oxygen atoms in total. The zero-order chi connectivity index (χ0) is 16.9. The maximum atomic E-state index is 12.5. The fourth-order valence-electron chi connectivity index (χ4n) is 2.33. The Hall–Kier alpha value is -2.51. The van der Waals surface area contributed by atoms with Gasteiger partial charge in [-0.1, -0.05) is 13.0 Å². The summed E-state index contributed by atoms with van der Waals surface area (Å²) in [5, 5.41) is 18.5. The van der Waals surface area contributed by atoms with Crippen molar-refractivity contribution in [1.29, 1.82) is 0 Å². The minimum absolute atomic E-state index is 0.0575. The lowest BCUT2D eigenvalue weighted by Crippen LogP contribution is -2.18. The Kier molecular flexibility index (Phi) is 5.02. The fourth-order valence-corrected chi connectivity index (χ4v) is 3.01. The molecule has 1 amide bonds. The second-order valence-corrected chi connectivity index (χ2v) is 6.14. The first-order valence-electron chi connectivity index (χ1n) is 7.70. The molecule has 0 atom stereocenters. The summed E-state index contributed by atoms with van der Waals surface area (Å²) in [6, 6.07) is 9.39. The monoisotopic (exact) mass is 342 g/mol. The molecule has 0 spiro atoms. The van der Waals surface area contributed by atoms with Crippen LogP contribution in [0.5, 0.6) is 0 Å². The Morgan fingerprint density at radius 2 is 2.25 bits per heavy atom. The Bertz CT molecular complexity index is 827. The van der Waals surface area contributed by atoms with Crippen molar-refractivity contribution in [3.63, 3.8) is 0 Å². The molecule has 2 N–H and O–H groups in total. The average molecular weight is 342 g/mol. The van der Waals surface area contributed by atoms with E-state index in [2.05, 4.69) is 15.4 Å². The lowest BCUT2D eigenvalue weighted by atomic mass is 10.2. The van der Waals surface area contributed by atoms with Gasteiger partial charge in [-0.25, -0.2) is 4.68 Å². The summed E-state index contributed by atoms with van der Waals surface area (Å²) in [5.41, 5.74) is 2.19. The number of nitrogens with zero attached hydrogens (tertiary/aromatic N) is 3. The maximum Gasteiger partial charge on any atom is 0.275 e. The summed E-state index contributed by atoms with van der Waals surface area (Å²) in [4.78, 5) is 17.6. The van der Waals surface area contributed by atoms with E-state index in [-0.39, 0.29) is 12.5 Å². The molecule has 3 aromatic heterocycles. The van der Waals surface area contributed by atoms with Crippen LogP contribution < -0.4 is 5.32 Å². The molecule has 0 radical (unpaired) electrons. The molecule has 3 rings (SSSR count). The molecule has 24 heavy (non-hydrogen) atoms. The maximum absolute atomic E-state index is 12.5. The minimum atomic E-state index is -0.290. The van der Waals surface area contributed by atoms with Crippen LogP contribution in [0.25, 0.3) is 10.6 Å². The third-order valence-corrected chi connectivity index (χ3v) is 4.46. The van der Waals surface area contributed by atoms with E-state index in [1.807, 2.05) is 36.6 Å². The highest BCUT2D eigenvalue weighted by atomic mass is 32.1. The zero-order valence-electron chi connectivity index (χ0n) is 13.3. The molecule has 124 valence electrons. The largest absolute Gasteiger partial charge is 0.394 e. The Labute approximate surface area is 143 Å². The van der Waals surface area contributed by atoms with Gasteiger partial charge in [0.25, 0.3) is 5.91 Å². The molecular formula is C17H18N4O2S. The molecule has 0 fully saturated rings. The lowest BCUT2D eigenvalue weighted by Gasteiger charge is -2.07. The number of carbonyl (C=O) groups is 1. The van der Waals surface area contributed by atoms with Gasteiger partial charge >= 0.3 is 0 Å².